The number of benzene rings is 1. The van der Waals surface area contributed by atoms with E-state index in [9.17, 15) is 13.6 Å². The van der Waals surface area contributed by atoms with Crippen molar-refractivity contribution < 1.29 is 13.6 Å². The molecule has 3 nitrogen and oxygen atoms in total. The molecule has 2 aliphatic rings. The van der Waals surface area contributed by atoms with Crippen molar-refractivity contribution in [1.82, 2.24) is 10.2 Å². The highest BCUT2D eigenvalue weighted by atomic mass is 19.1. The lowest BCUT2D eigenvalue weighted by Gasteiger charge is -2.24. The molecule has 2 saturated heterocycles. The summed E-state index contributed by atoms with van der Waals surface area (Å²) in [6, 6.07) is 2.42. The number of nitrogens with zero attached hydrogens (tertiary/aromatic N) is 1. The molecule has 0 aromatic heterocycles. The Morgan fingerprint density at radius 3 is 2.85 bits per heavy atom. The largest absolute Gasteiger partial charge is 0.337 e. The van der Waals surface area contributed by atoms with Crippen molar-refractivity contribution >= 4 is 5.91 Å². The number of likely N-dealkylation sites (tertiary alicyclic amines) is 1. The van der Waals surface area contributed by atoms with Gasteiger partial charge < -0.3 is 10.2 Å². The molecule has 20 heavy (non-hydrogen) atoms. The summed E-state index contributed by atoms with van der Waals surface area (Å²) in [5.74, 6) is -1.27. The molecule has 2 heterocycles. The zero-order valence-electron chi connectivity index (χ0n) is 11.5. The summed E-state index contributed by atoms with van der Waals surface area (Å²) >= 11 is 0. The van der Waals surface area contributed by atoms with E-state index in [0.717, 1.165) is 25.5 Å². The van der Waals surface area contributed by atoms with E-state index in [1.165, 1.54) is 13.0 Å². The molecule has 1 N–H and O–H groups in total. The Morgan fingerprint density at radius 1 is 1.30 bits per heavy atom. The second-order valence-corrected chi connectivity index (χ2v) is 5.75. The molecule has 3 rings (SSSR count). The molecular weight excluding hydrogens is 262 g/mol. The van der Waals surface area contributed by atoms with Crippen molar-refractivity contribution in [1.29, 1.82) is 0 Å². The molecule has 2 atom stereocenters. The second kappa shape index (κ2) is 5.13. The van der Waals surface area contributed by atoms with Crippen molar-refractivity contribution in [2.24, 2.45) is 5.92 Å². The summed E-state index contributed by atoms with van der Waals surface area (Å²) in [5, 5.41) is 3.40. The van der Waals surface area contributed by atoms with Gasteiger partial charge in [0.05, 0.1) is 5.56 Å². The Balaban J connectivity index is 1.81. The average molecular weight is 280 g/mol. The fourth-order valence-electron chi connectivity index (χ4n) is 3.20. The molecule has 0 saturated carbocycles. The monoisotopic (exact) mass is 280 g/mol. The van der Waals surface area contributed by atoms with Crippen LogP contribution >= 0.6 is 0 Å². The fourth-order valence-corrected chi connectivity index (χ4v) is 3.20. The molecule has 0 aliphatic carbocycles. The first kappa shape index (κ1) is 13.5. The zero-order chi connectivity index (χ0) is 14.3. The standard InChI is InChI=1S/C15H18F2N2O/c1-9-5-11(13(17)6-12(9)16)15(20)19-7-10-3-2-4-18-14(10)8-19/h5-6,10,14,18H,2-4,7-8H2,1H3/t10-,14+/m0/s1. The van der Waals surface area contributed by atoms with Crippen molar-refractivity contribution in [3.63, 3.8) is 0 Å². The first-order valence-corrected chi connectivity index (χ1v) is 7.04. The molecule has 0 unspecified atom stereocenters. The highest BCUT2D eigenvalue weighted by Gasteiger charge is 2.37. The lowest BCUT2D eigenvalue weighted by Crippen LogP contribution is -2.41. The van der Waals surface area contributed by atoms with E-state index in [1.807, 2.05) is 0 Å². The topological polar surface area (TPSA) is 32.3 Å². The van der Waals surface area contributed by atoms with Crippen LogP contribution in [0.2, 0.25) is 0 Å². The summed E-state index contributed by atoms with van der Waals surface area (Å²) in [6.07, 6.45) is 2.22. The molecule has 2 aliphatic heterocycles. The molecule has 5 heteroatoms. The van der Waals surface area contributed by atoms with Crippen LogP contribution in [0, 0.1) is 24.5 Å². The van der Waals surface area contributed by atoms with Gasteiger partial charge in [0.1, 0.15) is 11.6 Å². The van der Waals surface area contributed by atoms with Gasteiger partial charge in [-0.15, -0.1) is 0 Å². The van der Waals surface area contributed by atoms with Gasteiger partial charge in [0, 0.05) is 25.2 Å². The SMILES string of the molecule is Cc1cc(C(=O)N2C[C@@H]3CCCN[C@@H]3C2)c(F)cc1F. The molecule has 2 fully saturated rings. The number of carbonyl (C=O) groups excluding carboxylic acids is 1. The number of piperidine rings is 1. The van der Waals surface area contributed by atoms with Crippen LogP contribution in [0.25, 0.3) is 0 Å². The predicted molar refractivity (Wildman–Crippen MR) is 71.5 cm³/mol. The third-order valence-corrected chi connectivity index (χ3v) is 4.37. The van der Waals surface area contributed by atoms with Gasteiger partial charge in [0.2, 0.25) is 0 Å². The number of aryl methyl sites for hydroxylation is 1. The Hall–Kier alpha value is -1.49. The van der Waals surface area contributed by atoms with Gasteiger partial charge >= 0.3 is 0 Å². The molecule has 1 aromatic carbocycles. The Labute approximate surface area is 117 Å². The molecular formula is C15H18F2N2O. The van der Waals surface area contributed by atoms with Crippen molar-refractivity contribution in [2.75, 3.05) is 19.6 Å². The Morgan fingerprint density at radius 2 is 2.10 bits per heavy atom. The minimum atomic E-state index is -0.777. The van der Waals surface area contributed by atoms with E-state index >= 15 is 0 Å². The summed E-state index contributed by atoms with van der Waals surface area (Å²) in [4.78, 5) is 14.1. The molecule has 0 spiro atoms. The number of amides is 1. The Bertz CT molecular complexity index is 533. The van der Waals surface area contributed by atoms with Crippen LogP contribution in [-0.2, 0) is 0 Å². The average Bonchev–Trinajstić information content (AvgIpc) is 2.86. The van der Waals surface area contributed by atoms with Gasteiger partial charge in [-0.3, -0.25) is 4.79 Å². The molecule has 108 valence electrons. The molecule has 0 radical (unpaired) electrons. The minimum absolute atomic E-state index is 0.0254. The van der Waals surface area contributed by atoms with Crippen molar-refractivity contribution in [3.05, 3.63) is 34.9 Å². The number of nitrogens with one attached hydrogen (secondary N) is 1. The van der Waals surface area contributed by atoms with Crippen LogP contribution < -0.4 is 5.32 Å². The highest BCUT2D eigenvalue weighted by Crippen LogP contribution is 2.27. The number of rotatable bonds is 1. The number of halogens is 2. The molecule has 1 aromatic rings. The van der Waals surface area contributed by atoms with Crippen LogP contribution in [0.3, 0.4) is 0 Å². The smallest absolute Gasteiger partial charge is 0.256 e. The maximum Gasteiger partial charge on any atom is 0.256 e. The number of fused-ring (bicyclic) bond motifs is 1. The van der Waals surface area contributed by atoms with Crippen LogP contribution in [0.4, 0.5) is 8.78 Å². The summed E-state index contributed by atoms with van der Waals surface area (Å²) in [6.45, 7) is 3.79. The normalized spacial score (nSPS) is 25.6. The summed E-state index contributed by atoms with van der Waals surface area (Å²) in [5.41, 5.74) is 0.270. The maximum absolute atomic E-state index is 13.8. The summed E-state index contributed by atoms with van der Waals surface area (Å²) in [7, 11) is 0. The third-order valence-electron chi connectivity index (χ3n) is 4.37. The van der Waals surface area contributed by atoms with E-state index in [-0.39, 0.29) is 11.5 Å². The number of hydrogen-bond acceptors (Lipinski definition) is 2. The van der Waals surface area contributed by atoms with Gasteiger partial charge in [-0.25, -0.2) is 8.78 Å². The Kier molecular flexibility index (Phi) is 3.46. The molecule has 0 bridgehead atoms. The minimum Gasteiger partial charge on any atom is -0.337 e. The number of carbonyl (C=O) groups is 1. The van der Waals surface area contributed by atoms with Gasteiger partial charge in [-0.05, 0) is 43.9 Å². The van der Waals surface area contributed by atoms with Crippen LogP contribution in [0.15, 0.2) is 12.1 Å². The zero-order valence-corrected chi connectivity index (χ0v) is 11.5. The van der Waals surface area contributed by atoms with Gasteiger partial charge in [0.15, 0.2) is 0 Å². The third kappa shape index (κ3) is 2.30. The summed E-state index contributed by atoms with van der Waals surface area (Å²) < 4.78 is 27.1. The van der Waals surface area contributed by atoms with Crippen molar-refractivity contribution in [2.45, 2.75) is 25.8 Å². The van der Waals surface area contributed by atoms with E-state index in [1.54, 1.807) is 4.90 Å². The van der Waals surface area contributed by atoms with E-state index < -0.39 is 11.6 Å². The van der Waals surface area contributed by atoms with Gasteiger partial charge in [-0.1, -0.05) is 0 Å². The molecule has 1 amide bonds. The van der Waals surface area contributed by atoms with E-state index in [2.05, 4.69) is 5.32 Å². The first-order valence-electron chi connectivity index (χ1n) is 7.04. The fraction of sp³-hybridized carbons (Fsp3) is 0.533. The van der Waals surface area contributed by atoms with Crippen LogP contribution in [0.1, 0.15) is 28.8 Å². The van der Waals surface area contributed by atoms with Crippen molar-refractivity contribution in [3.8, 4) is 0 Å². The highest BCUT2D eigenvalue weighted by molar-refractivity contribution is 5.95. The van der Waals surface area contributed by atoms with E-state index in [0.29, 0.717) is 30.6 Å². The van der Waals surface area contributed by atoms with Crippen LogP contribution in [0.5, 0.6) is 0 Å². The quantitative estimate of drug-likeness (QED) is 0.854. The predicted octanol–water partition coefficient (Wildman–Crippen LogP) is 2.10. The number of hydrogen-bond donors (Lipinski definition) is 1. The second-order valence-electron chi connectivity index (χ2n) is 5.75. The lowest BCUT2D eigenvalue weighted by atomic mass is 9.94. The van der Waals surface area contributed by atoms with Gasteiger partial charge in [0.25, 0.3) is 5.91 Å². The lowest BCUT2D eigenvalue weighted by molar-refractivity contribution is 0.0780. The van der Waals surface area contributed by atoms with E-state index in [4.69, 9.17) is 0 Å². The van der Waals surface area contributed by atoms with Gasteiger partial charge in [-0.2, -0.15) is 0 Å². The first-order chi connectivity index (χ1) is 9.56. The maximum atomic E-state index is 13.8. The van der Waals surface area contributed by atoms with Crippen LogP contribution in [-0.4, -0.2) is 36.5 Å².